The molecule has 0 saturated heterocycles. The van der Waals surface area contributed by atoms with Crippen molar-refractivity contribution in [2.75, 3.05) is 0 Å². The summed E-state index contributed by atoms with van der Waals surface area (Å²) >= 11 is 0. The molecule has 1 heteroatoms. The van der Waals surface area contributed by atoms with Gasteiger partial charge in [0.05, 0.1) is 5.56 Å². The number of hydrogen-bond acceptors (Lipinski definition) is 0. The second-order valence-corrected chi connectivity index (χ2v) is 6.11. The number of hydrogen-bond donors (Lipinski definition) is 0. The highest BCUT2D eigenvalue weighted by Crippen LogP contribution is 2.32. The summed E-state index contributed by atoms with van der Waals surface area (Å²) < 4.78 is 2.40. The van der Waals surface area contributed by atoms with Crippen LogP contribution in [-0.4, -0.2) is 0 Å². The third-order valence-electron chi connectivity index (χ3n) is 4.41. The van der Waals surface area contributed by atoms with Crippen molar-refractivity contribution in [3.63, 3.8) is 0 Å². The first-order valence-electron chi connectivity index (χ1n) is 7.96. The number of fused-ring (bicyclic) bond motifs is 3. The molecule has 1 aromatic heterocycles. The van der Waals surface area contributed by atoms with Gasteiger partial charge in [-0.3, -0.25) is 0 Å². The van der Waals surface area contributed by atoms with E-state index >= 15 is 0 Å². The minimum Gasteiger partial charge on any atom is -0.198 e. The second kappa shape index (κ2) is 5.85. The van der Waals surface area contributed by atoms with Gasteiger partial charge in [0.1, 0.15) is 0 Å². The molecule has 2 heterocycles. The molecule has 0 saturated carbocycles. The largest absolute Gasteiger partial charge is 0.213 e. The lowest BCUT2D eigenvalue weighted by molar-refractivity contribution is -0.687. The fraction of sp³-hybridized carbons (Fsp3) is 0.350. The molecule has 0 bridgehead atoms. The molecule has 0 N–H and O–H groups in total. The molecular weight excluding hydrogens is 254 g/mol. The van der Waals surface area contributed by atoms with E-state index in [1.165, 1.54) is 33.5 Å². The van der Waals surface area contributed by atoms with Gasteiger partial charge in [0.25, 0.3) is 0 Å². The van der Waals surface area contributed by atoms with Crippen molar-refractivity contribution in [2.45, 2.75) is 46.6 Å². The predicted octanol–water partition coefficient (Wildman–Crippen LogP) is 4.27. The Morgan fingerprint density at radius 3 is 2.81 bits per heavy atom. The molecule has 0 spiro atoms. The van der Waals surface area contributed by atoms with Gasteiger partial charge in [0, 0.05) is 18.6 Å². The first kappa shape index (κ1) is 14.1. The molecule has 1 aliphatic rings. The van der Waals surface area contributed by atoms with Crippen molar-refractivity contribution in [2.24, 2.45) is 0 Å². The zero-order chi connectivity index (χ0) is 14.8. The van der Waals surface area contributed by atoms with E-state index in [0.29, 0.717) is 0 Å². The fourth-order valence-corrected chi connectivity index (χ4v) is 3.28. The lowest BCUT2D eigenvalue weighted by atomic mass is 9.87. The van der Waals surface area contributed by atoms with Gasteiger partial charge in [-0.05, 0) is 49.4 Å². The predicted molar refractivity (Wildman–Crippen MR) is 88.3 cm³/mol. The number of aromatic nitrogens is 1. The molecule has 0 amide bonds. The van der Waals surface area contributed by atoms with Gasteiger partial charge in [-0.15, -0.1) is 0 Å². The van der Waals surface area contributed by atoms with E-state index in [-0.39, 0.29) is 0 Å². The smallest absolute Gasteiger partial charge is 0.198 e. The van der Waals surface area contributed by atoms with Crippen LogP contribution in [0.4, 0.5) is 0 Å². The maximum absolute atomic E-state index is 2.40. The number of allylic oxidation sites excluding steroid dienone is 2. The molecule has 0 unspecified atom stereocenters. The minimum atomic E-state index is 1.05. The summed E-state index contributed by atoms with van der Waals surface area (Å²) in [6, 6.07) is 11.2. The molecular formula is C20H24N+. The average Bonchev–Trinajstić information content (AvgIpc) is 2.51. The Kier molecular flexibility index (Phi) is 3.92. The van der Waals surface area contributed by atoms with Crippen LogP contribution in [0.1, 0.15) is 37.5 Å². The van der Waals surface area contributed by atoms with Gasteiger partial charge in [-0.25, -0.2) is 0 Å². The Morgan fingerprint density at radius 1 is 1.19 bits per heavy atom. The normalized spacial score (nSPS) is 12.5. The maximum atomic E-state index is 2.40. The summed E-state index contributed by atoms with van der Waals surface area (Å²) in [6.07, 6.45) is 7.86. The van der Waals surface area contributed by atoms with Crippen LogP contribution >= 0.6 is 0 Å². The summed E-state index contributed by atoms with van der Waals surface area (Å²) in [5.74, 6) is 0. The van der Waals surface area contributed by atoms with Crippen LogP contribution in [0.25, 0.3) is 11.3 Å². The quantitative estimate of drug-likeness (QED) is 0.583. The van der Waals surface area contributed by atoms with Gasteiger partial charge < -0.3 is 0 Å². The van der Waals surface area contributed by atoms with Crippen LogP contribution in [0.2, 0.25) is 0 Å². The highest BCUT2D eigenvalue weighted by atomic mass is 15.0. The fourth-order valence-electron chi connectivity index (χ4n) is 3.28. The van der Waals surface area contributed by atoms with E-state index in [9.17, 15) is 0 Å². The van der Waals surface area contributed by atoms with Crippen molar-refractivity contribution in [1.29, 1.82) is 0 Å². The number of rotatable bonds is 3. The number of pyridine rings is 1. The Labute approximate surface area is 128 Å². The zero-order valence-corrected chi connectivity index (χ0v) is 13.3. The lowest BCUT2D eigenvalue weighted by Gasteiger charge is -2.20. The molecule has 1 nitrogen and oxygen atoms in total. The maximum Gasteiger partial charge on any atom is 0.213 e. The van der Waals surface area contributed by atoms with Crippen molar-refractivity contribution < 1.29 is 4.57 Å². The van der Waals surface area contributed by atoms with Gasteiger partial charge in [-0.2, -0.15) is 4.57 Å². The molecule has 2 aromatic rings. The topological polar surface area (TPSA) is 3.88 Å². The van der Waals surface area contributed by atoms with Crippen LogP contribution in [-0.2, 0) is 25.8 Å². The van der Waals surface area contributed by atoms with E-state index in [2.05, 4.69) is 67.9 Å². The Morgan fingerprint density at radius 2 is 2.05 bits per heavy atom. The third-order valence-corrected chi connectivity index (χ3v) is 4.41. The lowest BCUT2D eigenvalue weighted by Crippen LogP contribution is -2.40. The van der Waals surface area contributed by atoms with Crippen molar-refractivity contribution in [1.82, 2.24) is 0 Å². The van der Waals surface area contributed by atoms with Crippen molar-refractivity contribution >= 4 is 0 Å². The summed E-state index contributed by atoms with van der Waals surface area (Å²) in [6.45, 7) is 7.72. The molecule has 0 fully saturated rings. The van der Waals surface area contributed by atoms with Gasteiger partial charge in [0.15, 0.2) is 12.7 Å². The molecule has 0 aliphatic carbocycles. The second-order valence-electron chi connectivity index (χ2n) is 6.11. The first-order chi connectivity index (χ1) is 10.2. The van der Waals surface area contributed by atoms with Gasteiger partial charge >= 0.3 is 0 Å². The summed E-state index contributed by atoms with van der Waals surface area (Å²) in [5.41, 5.74) is 8.78. The molecule has 108 valence electrons. The highest BCUT2D eigenvalue weighted by Gasteiger charge is 2.25. The molecule has 0 radical (unpaired) electrons. The van der Waals surface area contributed by atoms with Crippen LogP contribution < -0.4 is 4.57 Å². The first-order valence-corrected chi connectivity index (χ1v) is 7.96. The SMILES string of the molecule is CCc1ccc2c(c1CC=C(C)C)-c1cccc[n+]1CC2. The molecule has 3 rings (SSSR count). The Hall–Kier alpha value is -1.89. The van der Waals surface area contributed by atoms with Crippen LogP contribution in [0, 0.1) is 0 Å². The molecule has 1 aromatic carbocycles. The summed E-state index contributed by atoms with van der Waals surface area (Å²) in [4.78, 5) is 0. The monoisotopic (exact) mass is 278 g/mol. The summed E-state index contributed by atoms with van der Waals surface area (Å²) in [7, 11) is 0. The van der Waals surface area contributed by atoms with Crippen molar-refractivity contribution in [3.05, 3.63) is 64.9 Å². The highest BCUT2D eigenvalue weighted by molar-refractivity contribution is 5.69. The van der Waals surface area contributed by atoms with E-state index in [1.54, 1.807) is 0 Å². The van der Waals surface area contributed by atoms with Crippen LogP contribution in [0.15, 0.2) is 48.2 Å². The zero-order valence-electron chi connectivity index (χ0n) is 13.3. The number of aryl methyl sites for hydroxylation is 3. The Balaban J connectivity index is 2.21. The van der Waals surface area contributed by atoms with Gasteiger partial charge in [0.2, 0.25) is 5.69 Å². The Bertz CT molecular complexity index is 691. The number of benzene rings is 1. The van der Waals surface area contributed by atoms with E-state index in [1.807, 2.05) is 0 Å². The van der Waals surface area contributed by atoms with E-state index in [4.69, 9.17) is 0 Å². The van der Waals surface area contributed by atoms with Crippen LogP contribution in [0.3, 0.4) is 0 Å². The third kappa shape index (κ3) is 2.65. The minimum absolute atomic E-state index is 1.05. The van der Waals surface area contributed by atoms with Crippen molar-refractivity contribution in [3.8, 4) is 11.3 Å². The van der Waals surface area contributed by atoms with E-state index in [0.717, 1.165) is 25.8 Å². The van der Waals surface area contributed by atoms with E-state index < -0.39 is 0 Å². The molecule has 21 heavy (non-hydrogen) atoms. The van der Waals surface area contributed by atoms with Crippen LogP contribution in [0.5, 0.6) is 0 Å². The standard InChI is InChI=1S/C20H24N/c1-4-16-9-10-17-12-14-21-13-6-5-7-19(21)20(17)18(16)11-8-15(2)3/h5-10,13H,4,11-12,14H2,1-3H3/q+1. The molecule has 0 atom stereocenters. The summed E-state index contributed by atoms with van der Waals surface area (Å²) in [5, 5.41) is 0. The molecule has 1 aliphatic heterocycles. The van der Waals surface area contributed by atoms with Gasteiger partial charge in [-0.1, -0.05) is 30.7 Å². The number of nitrogens with zero attached hydrogens (tertiary/aromatic N) is 1. The average molecular weight is 278 g/mol.